The van der Waals surface area contributed by atoms with Crippen LogP contribution in [0.1, 0.15) is 37.0 Å². The van der Waals surface area contributed by atoms with Gasteiger partial charge in [-0.1, -0.05) is 6.07 Å². The van der Waals surface area contributed by atoms with Crippen LogP contribution in [0.2, 0.25) is 0 Å². The van der Waals surface area contributed by atoms with Gasteiger partial charge < -0.3 is 14.8 Å². The molecule has 1 heterocycles. The first-order valence-electron chi connectivity index (χ1n) is 6.50. The second kappa shape index (κ2) is 5.77. The van der Waals surface area contributed by atoms with Crippen LogP contribution in [0, 0.1) is 0 Å². The molecule has 1 aromatic carbocycles. The number of hydrogen-bond acceptors (Lipinski definition) is 3. The predicted molar refractivity (Wildman–Crippen MR) is 75.3 cm³/mol. The smallest absolute Gasteiger partial charge is 0.303 e. The summed E-state index contributed by atoms with van der Waals surface area (Å²) in [6.07, 6.45) is 1.43. The first-order chi connectivity index (χ1) is 9.49. The lowest BCUT2D eigenvalue weighted by Gasteiger charge is -2.11. The number of benzene rings is 1. The van der Waals surface area contributed by atoms with Crippen molar-refractivity contribution < 1.29 is 19.4 Å². The maximum Gasteiger partial charge on any atom is 0.303 e. The SMILES string of the molecule is CC(C)Oc1cccc2[nH]cc(C(=O)CCC(=O)O)c12. The van der Waals surface area contributed by atoms with Crippen molar-refractivity contribution in [1.82, 2.24) is 4.98 Å². The molecule has 1 aromatic heterocycles. The van der Waals surface area contributed by atoms with Crippen LogP contribution in [0.25, 0.3) is 10.9 Å². The Hall–Kier alpha value is -2.30. The molecule has 106 valence electrons. The second-order valence-corrected chi connectivity index (χ2v) is 4.86. The van der Waals surface area contributed by atoms with Crippen LogP contribution < -0.4 is 4.74 Å². The lowest BCUT2D eigenvalue weighted by Crippen LogP contribution is -2.07. The highest BCUT2D eigenvalue weighted by molar-refractivity contribution is 6.10. The quantitative estimate of drug-likeness (QED) is 0.794. The van der Waals surface area contributed by atoms with Gasteiger partial charge >= 0.3 is 5.97 Å². The number of aromatic nitrogens is 1. The second-order valence-electron chi connectivity index (χ2n) is 4.86. The molecule has 0 bridgehead atoms. The van der Waals surface area contributed by atoms with Gasteiger partial charge in [0.25, 0.3) is 0 Å². The Morgan fingerprint density at radius 2 is 2.05 bits per heavy atom. The van der Waals surface area contributed by atoms with E-state index in [1.54, 1.807) is 6.20 Å². The minimum atomic E-state index is -0.975. The molecule has 0 atom stereocenters. The Morgan fingerprint density at radius 3 is 2.70 bits per heavy atom. The topological polar surface area (TPSA) is 79.4 Å². The third-order valence-corrected chi connectivity index (χ3v) is 2.90. The van der Waals surface area contributed by atoms with Crippen LogP contribution in [0.4, 0.5) is 0 Å². The van der Waals surface area contributed by atoms with E-state index in [4.69, 9.17) is 9.84 Å². The third kappa shape index (κ3) is 2.99. The number of carbonyl (C=O) groups excluding carboxylic acids is 1. The molecule has 5 nitrogen and oxygen atoms in total. The van der Waals surface area contributed by atoms with E-state index in [-0.39, 0.29) is 24.7 Å². The number of Topliss-reactive ketones (excluding diaryl/α,β-unsaturated/α-hetero) is 1. The Bertz CT molecular complexity index is 642. The van der Waals surface area contributed by atoms with Gasteiger partial charge in [0.2, 0.25) is 0 Å². The molecular formula is C15H17NO4. The van der Waals surface area contributed by atoms with E-state index in [0.29, 0.717) is 11.3 Å². The Morgan fingerprint density at radius 1 is 1.30 bits per heavy atom. The number of aliphatic carboxylic acids is 1. The number of ketones is 1. The van der Waals surface area contributed by atoms with Gasteiger partial charge in [0.15, 0.2) is 5.78 Å². The molecule has 0 saturated carbocycles. The van der Waals surface area contributed by atoms with Crippen LogP contribution in [-0.2, 0) is 4.79 Å². The number of carboxylic acids is 1. The van der Waals surface area contributed by atoms with Crippen LogP contribution in [0.3, 0.4) is 0 Å². The van der Waals surface area contributed by atoms with E-state index in [1.807, 2.05) is 32.0 Å². The lowest BCUT2D eigenvalue weighted by atomic mass is 10.0. The van der Waals surface area contributed by atoms with E-state index in [9.17, 15) is 9.59 Å². The number of fused-ring (bicyclic) bond motifs is 1. The zero-order valence-electron chi connectivity index (χ0n) is 11.5. The average Bonchev–Trinajstić information content (AvgIpc) is 2.80. The zero-order chi connectivity index (χ0) is 14.7. The monoisotopic (exact) mass is 275 g/mol. The third-order valence-electron chi connectivity index (χ3n) is 2.90. The summed E-state index contributed by atoms with van der Waals surface area (Å²) in [4.78, 5) is 25.7. The molecule has 2 N–H and O–H groups in total. The van der Waals surface area contributed by atoms with Gasteiger partial charge in [-0.25, -0.2) is 0 Å². The molecule has 0 fully saturated rings. The van der Waals surface area contributed by atoms with Crippen molar-refractivity contribution in [3.05, 3.63) is 30.0 Å². The number of hydrogen-bond donors (Lipinski definition) is 2. The molecule has 0 spiro atoms. The summed E-state index contributed by atoms with van der Waals surface area (Å²) in [6.45, 7) is 3.83. The van der Waals surface area contributed by atoms with Gasteiger partial charge in [-0.05, 0) is 26.0 Å². The molecule has 0 amide bonds. The summed E-state index contributed by atoms with van der Waals surface area (Å²) in [5, 5.41) is 9.38. The van der Waals surface area contributed by atoms with Crippen molar-refractivity contribution >= 4 is 22.7 Å². The van der Waals surface area contributed by atoms with Gasteiger partial charge in [-0.15, -0.1) is 0 Å². The van der Waals surface area contributed by atoms with Gasteiger partial charge in [0, 0.05) is 23.7 Å². The van der Waals surface area contributed by atoms with Gasteiger partial charge in [0.05, 0.1) is 17.9 Å². The molecule has 2 aromatic rings. The Labute approximate surface area is 116 Å². The van der Waals surface area contributed by atoms with Crippen molar-refractivity contribution in [3.63, 3.8) is 0 Å². The molecule has 0 unspecified atom stereocenters. The fourth-order valence-electron chi connectivity index (χ4n) is 2.08. The normalized spacial score (nSPS) is 10.9. The summed E-state index contributed by atoms with van der Waals surface area (Å²) >= 11 is 0. The predicted octanol–water partition coefficient (Wildman–Crippen LogP) is 3.00. The van der Waals surface area contributed by atoms with Gasteiger partial charge in [-0.2, -0.15) is 0 Å². The van der Waals surface area contributed by atoms with E-state index in [2.05, 4.69) is 4.98 Å². The minimum Gasteiger partial charge on any atom is -0.490 e. The molecule has 0 aliphatic heterocycles. The molecule has 0 radical (unpaired) electrons. The highest BCUT2D eigenvalue weighted by Gasteiger charge is 2.17. The molecule has 0 aliphatic carbocycles. The molecular weight excluding hydrogens is 258 g/mol. The molecule has 5 heteroatoms. The lowest BCUT2D eigenvalue weighted by molar-refractivity contribution is -0.136. The number of aromatic amines is 1. The number of carbonyl (C=O) groups is 2. The zero-order valence-corrected chi connectivity index (χ0v) is 11.5. The van der Waals surface area contributed by atoms with Crippen molar-refractivity contribution in [1.29, 1.82) is 0 Å². The largest absolute Gasteiger partial charge is 0.490 e. The van der Waals surface area contributed by atoms with Crippen LogP contribution in [0.5, 0.6) is 5.75 Å². The summed E-state index contributed by atoms with van der Waals surface area (Å²) in [6, 6.07) is 5.52. The van der Waals surface area contributed by atoms with E-state index >= 15 is 0 Å². The number of carboxylic acid groups (broad SMARTS) is 1. The minimum absolute atomic E-state index is 0.00234. The maximum atomic E-state index is 12.1. The van der Waals surface area contributed by atoms with E-state index < -0.39 is 5.97 Å². The van der Waals surface area contributed by atoms with Crippen LogP contribution >= 0.6 is 0 Å². The molecule has 20 heavy (non-hydrogen) atoms. The fourth-order valence-corrected chi connectivity index (χ4v) is 2.08. The van der Waals surface area contributed by atoms with Gasteiger partial charge in [0.1, 0.15) is 5.75 Å². The summed E-state index contributed by atoms with van der Waals surface area (Å²) in [5.74, 6) is -0.535. The number of rotatable bonds is 6. The summed E-state index contributed by atoms with van der Waals surface area (Å²) in [5.41, 5.74) is 1.29. The Balaban J connectivity index is 2.38. The first-order valence-corrected chi connectivity index (χ1v) is 6.50. The van der Waals surface area contributed by atoms with Crippen LogP contribution in [-0.4, -0.2) is 27.9 Å². The number of H-pyrrole nitrogens is 1. The van der Waals surface area contributed by atoms with E-state index in [0.717, 1.165) is 10.9 Å². The average molecular weight is 275 g/mol. The summed E-state index contributed by atoms with van der Waals surface area (Å²) < 4.78 is 5.71. The standard InChI is InChI=1S/C15H17NO4/c1-9(2)20-13-5-3-4-11-15(13)10(8-16-11)12(17)6-7-14(18)19/h3-5,8-9,16H,6-7H2,1-2H3,(H,18,19). The number of nitrogens with one attached hydrogen (secondary N) is 1. The Kier molecular flexibility index (Phi) is 4.08. The first kappa shape index (κ1) is 14.1. The van der Waals surface area contributed by atoms with Crippen molar-refractivity contribution in [2.45, 2.75) is 32.8 Å². The maximum absolute atomic E-state index is 12.1. The molecule has 2 rings (SSSR count). The van der Waals surface area contributed by atoms with Crippen molar-refractivity contribution in [2.75, 3.05) is 0 Å². The van der Waals surface area contributed by atoms with Crippen molar-refractivity contribution in [3.8, 4) is 5.75 Å². The summed E-state index contributed by atoms with van der Waals surface area (Å²) in [7, 11) is 0. The molecule has 0 aliphatic rings. The highest BCUT2D eigenvalue weighted by atomic mass is 16.5. The number of ether oxygens (including phenoxy) is 1. The van der Waals surface area contributed by atoms with Crippen LogP contribution in [0.15, 0.2) is 24.4 Å². The fraction of sp³-hybridized carbons (Fsp3) is 0.333. The van der Waals surface area contributed by atoms with E-state index in [1.165, 1.54) is 0 Å². The van der Waals surface area contributed by atoms with Gasteiger partial charge in [-0.3, -0.25) is 9.59 Å². The highest BCUT2D eigenvalue weighted by Crippen LogP contribution is 2.30. The van der Waals surface area contributed by atoms with Crippen molar-refractivity contribution in [2.24, 2.45) is 0 Å². The molecule has 0 saturated heterocycles.